The number of carbonyl (C=O) groups excluding carboxylic acids is 1. The quantitative estimate of drug-likeness (QED) is 0.738. The lowest BCUT2D eigenvalue weighted by Crippen LogP contribution is -2.06. The Balaban J connectivity index is 1.94. The highest BCUT2D eigenvalue weighted by Gasteiger charge is 2.17. The highest BCUT2D eigenvalue weighted by atomic mass is 16.3. The molecule has 0 radical (unpaired) electrons. The zero-order chi connectivity index (χ0) is 18.7. The molecule has 0 amide bonds. The monoisotopic (exact) mass is 346 g/mol. The fraction of sp³-hybridized carbons (Fsp3) is 0.174. The van der Waals surface area contributed by atoms with E-state index in [9.17, 15) is 15.0 Å². The molecule has 132 valence electrons. The molecular weight excluding hydrogens is 324 g/mol. The predicted molar refractivity (Wildman–Crippen MR) is 104 cm³/mol. The van der Waals surface area contributed by atoms with Crippen LogP contribution in [0.4, 0.5) is 0 Å². The van der Waals surface area contributed by atoms with Crippen molar-refractivity contribution in [2.45, 2.75) is 26.2 Å². The van der Waals surface area contributed by atoms with Crippen LogP contribution >= 0.6 is 0 Å². The Morgan fingerprint density at radius 1 is 1.12 bits per heavy atom. The first kappa shape index (κ1) is 17.7. The lowest BCUT2D eigenvalue weighted by Gasteiger charge is -2.15. The van der Waals surface area contributed by atoms with Gasteiger partial charge in [0.15, 0.2) is 5.78 Å². The van der Waals surface area contributed by atoms with E-state index in [-0.39, 0.29) is 17.3 Å². The van der Waals surface area contributed by atoms with E-state index in [0.717, 1.165) is 36.0 Å². The molecule has 0 heterocycles. The molecule has 3 heteroatoms. The Kier molecular flexibility index (Phi) is 5.08. The maximum absolute atomic E-state index is 12.9. The topological polar surface area (TPSA) is 57.5 Å². The SMILES string of the molecule is C=C1C=C(c2ccc(O)c(C)c2)CCCC=C1C(=O)c1cccc(O)c1. The van der Waals surface area contributed by atoms with Gasteiger partial charge in [-0.3, -0.25) is 4.79 Å². The van der Waals surface area contributed by atoms with Gasteiger partial charge in [0.2, 0.25) is 0 Å². The molecule has 3 nitrogen and oxygen atoms in total. The number of aromatic hydroxyl groups is 2. The number of Topliss-reactive ketones (excluding diaryl/α,β-unsaturated/α-hetero) is 1. The van der Waals surface area contributed by atoms with Crippen LogP contribution < -0.4 is 0 Å². The Hall–Kier alpha value is -3.07. The summed E-state index contributed by atoms with van der Waals surface area (Å²) in [5.41, 5.74) is 4.65. The molecule has 2 N–H and O–H groups in total. The number of aryl methyl sites for hydroxylation is 1. The molecule has 0 fully saturated rings. The Morgan fingerprint density at radius 2 is 1.92 bits per heavy atom. The molecule has 1 aliphatic rings. The average Bonchev–Trinajstić information content (AvgIpc) is 2.60. The van der Waals surface area contributed by atoms with Crippen molar-refractivity contribution in [2.75, 3.05) is 0 Å². The van der Waals surface area contributed by atoms with Crippen molar-refractivity contribution >= 4 is 11.4 Å². The van der Waals surface area contributed by atoms with Crippen LogP contribution in [0.15, 0.2) is 72.3 Å². The molecule has 0 bridgehead atoms. The van der Waals surface area contributed by atoms with Crippen LogP contribution in [0.5, 0.6) is 11.5 Å². The van der Waals surface area contributed by atoms with Crippen molar-refractivity contribution in [1.29, 1.82) is 0 Å². The summed E-state index contributed by atoms with van der Waals surface area (Å²) in [5.74, 6) is 0.215. The fourth-order valence-corrected chi connectivity index (χ4v) is 3.15. The standard InChI is InChI=1S/C23H22O3/c1-15-12-17(18-10-11-22(25)16(2)13-18)6-3-4-9-21(15)23(26)19-7-5-8-20(24)14-19/h5,7-14,24-25H,1,3-4,6H2,2H3. The molecule has 1 aliphatic carbocycles. The van der Waals surface area contributed by atoms with Crippen LogP contribution in [0.1, 0.15) is 40.7 Å². The highest BCUT2D eigenvalue weighted by Crippen LogP contribution is 2.31. The number of hydrogen-bond donors (Lipinski definition) is 2. The normalized spacial score (nSPS) is 14.9. The number of allylic oxidation sites excluding steroid dienone is 5. The van der Waals surface area contributed by atoms with Gasteiger partial charge in [-0.25, -0.2) is 0 Å². The second-order valence-corrected chi connectivity index (χ2v) is 6.59. The molecule has 26 heavy (non-hydrogen) atoms. The first-order chi connectivity index (χ1) is 12.5. The summed E-state index contributed by atoms with van der Waals surface area (Å²) in [6, 6.07) is 11.9. The molecular formula is C23H22O3. The van der Waals surface area contributed by atoms with Crippen molar-refractivity contribution in [3.8, 4) is 11.5 Å². The Morgan fingerprint density at radius 3 is 2.65 bits per heavy atom. The van der Waals surface area contributed by atoms with Crippen LogP contribution in [0, 0.1) is 6.92 Å². The van der Waals surface area contributed by atoms with Gasteiger partial charge in [0.25, 0.3) is 0 Å². The summed E-state index contributed by atoms with van der Waals surface area (Å²) in [5, 5.41) is 19.4. The zero-order valence-corrected chi connectivity index (χ0v) is 14.8. The van der Waals surface area contributed by atoms with Crippen LogP contribution in [-0.4, -0.2) is 16.0 Å². The lowest BCUT2D eigenvalue weighted by atomic mass is 9.89. The van der Waals surface area contributed by atoms with E-state index >= 15 is 0 Å². The van der Waals surface area contributed by atoms with Crippen molar-refractivity contribution in [3.63, 3.8) is 0 Å². The van der Waals surface area contributed by atoms with E-state index in [2.05, 4.69) is 6.58 Å². The largest absolute Gasteiger partial charge is 0.508 e. The van der Waals surface area contributed by atoms with Gasteiger partial charge in [0, 0.05) is 11.1 Å². The predicted octanol–water partition coefficient (Wildman–Crippen LogP) is 5.34. The van der Waals surface area contributed by atoms with E-state index < -0.39 is 0 Å². The third-order valence-corrected chi connectivity index (χ3v) is 4.61. The fourth-order valence-electron chi connectivity index (χ4n) is 3.15. The minimum atomic E-state index is -0.134. The van der Waals surface area contributed by atoms with E-state index in [4.69, 9.17) is 0 Å². The summed E-state index contributed by atoms with van der Waals surface area (Å²) in [7, 11) is 0. The third-order valence-electron chi connectivity index (χ3n) is 4.61. The Labute approximate surface area is 153 Å². The minimum absolute atomic E-state index is 0.0729. The van der Waals surface area contributed by atoms with Crippen molar-refractivity contribution < 1.29 is 15.0 Å². The van der Waals surface area contributed by atoms with E-state index in [1.807, 2.05) is 31.2 Å². The number of hydrogen-bond acceptors (Lipinski definition) is 3. The number of phenolic OH excluding ortho intramolecular Hbond substituents is 2. The second kappa shape index (κ2) is 7.44. The van der Waals surface area contributed by atoms with Gasteiger partial charge in [-0.15, -0.1) is 0 Å². The van der Waals surface area contributed by atoms with Gasteiger partial charge >= 0.3 is 0 Å². The van der Waals surface area contributed by atoms with E-state index in [1.54, 1.807) is 24.3 Å². The maximum Gasteiger partial charge on any atom is 0.193 e. The molecule has 0 saturated carbocycles. The maximum atomic E-state index is 12.9. The van der Waals surface area contributed by atoms with Crippen LogP contribution in [0.2, 0.25) is 0 Å². The molecule has 3 rings (SSSR count). The highest BCUT2D eigenvalue weighted by molar-refractivity contribution is 6.12. The van der Waals surface area contributed by atoms with Gasteiger partial charge < -0.3 is 10.2 Å². The molecule has 0 aliphatic heterocycles. The van der Waals surface area contributed by atoms with Gasteiger partial charge in [-0.1, -0.05) is 36.9 Å². The first-order valence-corrected chi connectivity index (χ1v) is 8.69. The molecule has 2 aromatic rings. The molecule has 0 unspecified atom stereocenters. The number of carbonyl (C=O) groups is 1. The summed E-state index contributed by atoms with van der Waals surface area (Å²) < 4.78 is 0. The van der Waals surface area contributed by atoms with Crippen molar-refractivity contribution in [1.82, 2.24) is 0 Å². The lowest BCUT2D eigenvalue weighted by molar-refractivity contribution is 0.103. The van der Waals surface area contributed by atoms with Crippen molar-refractivity contribution in [3.05, 3.63) is 89.0 Å². The van der Waals surface area contributed by atoms with Crippen molar-refractivity contribution in [2.24, 2.45) is 0 Å². The summed E-state index contributed by atoms with van der Waals surface area (Å²) in [6.07, 6.45) is 6.48. The summed E-state index contributed by atoms with van der Waals surface area (Å²) >= 11 is 0. The Bertz CT molecular complexity index is 932. The average molecular weight is 346 g/mol. The van der Waals surface area contributed by atoms with Crippen LogP contribution in [0.3, 0.4) is 0 Å². The van der Waals surface area contributed by atoms with E-state index in [1.165, 1.54) is 6.07 Å². The molecule has 0 aromatic heterocycles. The van der Waals surface area contributed by atoms with E-state index in [0.29, 0.717) is 16.7 Å². The zero-order valence-electron chi connectivity index (χ0n) is 14.8. The number of phenols is 2. The number of ketones is 1. The molecule has 0 atom stereocenters. The van der Waals surface area contributed by atoms with Gasteiger partial charge in [-0.05, 0) is 72.7 Å². The number of rotatable bonds is 3. The smallest absolute Gasteiger partial charge is 0.193 e. The number of benzene rings is 2. The second-order valence-electron chi connectivity index (χ2n) is 6.59. The molecule has 0 spiro atoms. The summed E-state index contributed by atoms with van der Waals surface area (Å²) in [4.78, 5) is 12.9. The summed E-state index contributed by atoms with van der Waals surface area (Å²) in [6.45, 7) is 5.97. The molecule has 0 saturated heterocycles. The van der Waals surface area contributed by atoms with Gasteiger partial charge in [0.1, 0.15) is 11.5 Å². The van der Waals surface area contributed by atoms with Crippen LogP contribution in [0.25, 0.3) is 5.57 Å². The first-order valence-electron chi connectivity index (χ1n) is 8.69. The van der Waals surface area contributed by atoms with Gasteiger partial charge in [0.05, 0.1) is 0 Å². The third kappa shape index (κ3) is 3.77. The van der Waals surface area contributed by atoms with Gasteiger partial charge in [-0.2, -0.15) is 0 Å². The minimum Gasteiger partial charge on any atom is -0.508 e. The van der Waals surface area contributed by atoms with Crippen LogP contribution in [-0.2, 0) is 0 Å². The molecule has 2 aromatic carbocycles.